The zero-order valence-corrected chi connectivity index (χ0v) is 18.2. The molecule has 3 N–H and O–H groups in total. The van der Waals surface area contributed by atoms with Gasteiger partial charge in [0.2, 0.25) is 6.41 Å². The largest absolute Gasteiger partial charge is 0.477 e. The van der Waals surface area contributed by atoms with Gasteiger partial charge in [0.15, 0.2) is 5.13 Å². The first-order valence-electron chi connectivity index (χ1n) is 8.59. The number of halogens is 1. The third-order valence-electron chi connectivity index (χ3n) is 4.30. The summed E-state index contributed by atoms with van der Waals surface area (Å²) in [6.45, 7) is 0.958. The summed E-state index contributed by atoms with van der Waals surface area (Å²) in [5.41, 5.74) is 1.23. The van der Waals surface area contributed by atoms with Crippen molar-refractivity contribution in [3.8, 4) is 0 Å². The van der Waals surface area contributed by atoms with Crippen molar-refractivity contribution < 1.29 is 33.8 Å². The van der Waals surface area contributed by atoms with Crippen LogP contribution in [0.4, 0.5) is 5.13 Å². The van der Waals surface area contributed by atoms with Gasteiger partial charge in [-0.15, -0.1) is 23.1 Å². The molecule has 2 atom stereocenters. The molecule has 0 aromatic carbocycles. The van der Waals surface area contributed by atoms with Crippen LogP contribution in [0.2, 0.25) is 0 Å². The molecule has 1 aromatic heterocycles. The Kier molecular flexibility index (Phi) is 6.97. The summed E-state index contributed by atoms with van der Waals surface area (Å²) in [5, 5.41) is 15.6. The summed E-state index contributed by atoms with van der Waals surface area (Å²) in [4.78, 5) is 63.7. The van der Waals surface area contributed by atoms with Gasteiger partial charge in [-0.1, -0.05) is 11.6 Å². The van der Waals surface area contributed by atoms with Crippen LogP contribution in [-0.2, 0) is 28.7 Å². The first-order chi connectivity index (χ1) is 14.8. The lowest BCUT2D eigenvalue weighted by atomic mass is 10.0. The molecule has 0 radical (unpaired) electrons. The number of carbonyl (C=O) groups is 5. The van der Waals surface area contributed by atoms with Crippen molar-refractivity contribution in [2.45, 2.75) is 18.3 Å². The van der Waals surface area contributed by atoms with Crippen molar-refractivity contribution in [1.29, 1.82) is 0 Å². The average molecular weight is 487 g/mol. The zero-order chi connectivity index (χ0) is 22.7. The molecule has 0 bridgehead atoms. The molecule has 1 saturated heterocycles. The summed E-state index contributed by atoms with van der Waals surface area (Å²) < 4.78 is 4.87. The van der Waals surface area contributed by atoms with E-state index in [1.54, 1.807) is 0 Å². The third-order valence-corrected chi connectivity index (χ3v) is 6.63. The number of aromatic nitrogens is 1. The lowest BCUT2D eigenvalue weighted by molar-refractivity contribution is -0.150. The van der Waals surface area contributed by atoms with E-state index in [9.17, 15) is 29.1 Å². The van der Waals surface area contributed by atoms with Crippen LogP contribution in [0.15, 0.2) is 22.2 Å². The van der Waals surface area contributed by atoms with E-state index in [-0.39, 0.29) is 34.5 Å². The van der Waals surface area contributed by atoms with Gasteiger partial charge in [0.05, 0.1) is 11.3 Å². The lowest BCUT2D eigenvalue weighted by Gasteiger charge is -2.49. The summed E-state index contributed by atoms with van der Waals surface area (Å²) in [7, 11) is 0. The number of esters is 1. The Morgan fingerprint density at radius 3 is 2.81 bits per heavy atom. The normalized spacial score (nSPS) is 20.5. The van der Waals surface area contributed by atoms with Crippen LogP contribution in [0.25, 0.3) is 5.57 Å². The number of thioether (sulfide) groups is 1. The topological polar surface area (TPSA) is 155 Å². The molecular weight excluding hydrogens is 472 g/mol. The van der Waals surface area contributed by atoms with Crippen LogP contribution < -0.4 is 10.6 Å². The standard InChI is InChI=1S/C17H15ClN4O7S2/c1-7(24)29-3-8-4-30-15-11(14(26)22(15)12(8)16(27)28)21-13(25)9(2-18)10-5-31-17(20-10)19-6-23/h2,5-6,11,15H,3-4H2,1H3,(H,21,25)(H,27,28)(H,19,20,23)/t11-,15-/m1/s1. The minimum Gasteiger partial charge on any atom is -0.477 e. The highest BCUT2D eigenvalue weighted by molar-refractivity contribution is 8.00. The number of hydrogen-bond donors (Lipinski definition) is 3. The Labute approximate surface area is 188 Å². The van der Waals surface area contributed by atoms with Crippen LogP contribution >= 0.6 is 34.7 Å². The van der Waals surface area contributed by atoms with E-state index in [0.29, 0.717) is 12.0 Å². The van der Waals surface area contributed by atoms with E-state index < -0.39 is 35.2 Å². The first-order valence-corrected chi connectivity index (χ1v) is 11.0. The predicted octanol–water partition coefficient (Wildman–Crippen LogP) is 0.593. The second kappa shape index (κ2) is 9.49. The van der Waals surface area contributed by atoms with Crippen LogP contribution in [0.3, 0.4) is 0 Å². The number of hydrogen-bond acceptors (Lipinski definition) is 9. The monoisotopic (exact) mass is 486 g/mol. The molecule has 0 saturated carbocycles. The smallest absolute Gasteiger partial charge is 0.352 e. The Morgan fingerprint density at radius 2 is 2.19 bits per heavy atom. The number of carboxylic acid groups (broad SMARTS) is 1. The molecule has 1 fully saturated rings. The number of carboxylic acids is 1. The van der Waals surface area contributed by atoms with Crippen LogP contribution in [-0.4, -0.2) is 68.9 Å². The predicted molar refractivity (Wildman–Crippen MR) is 112 cm³/mol. The maximum absolute atomic E-state index is 12.7. The fourth-order valence-electron chi connectivity index (χ4n) is 2.94. The fraction of sp³-hybridized carbons (Fsp3) is 0.294. The van der Waals surface area contributed by atoms with Gasteiger partial charge in [0.25, 0.3) is 11.8 Å². The summed E-state index contributed by atoms with van der Waals surface area (Å²) in [5.74, 6) is -2.98. The second-order valence-corrected chi connectivity index (χ2v) is 8.40. The van der Waals surface area contributed by atoms with Crippen LogP contribution in [0, 0.1) is 0 Å². The number of nitrogens with one attached hydrogen (secondary N) is 2. The average Bonchev–Trinajstić information content (AvgIpc) is 3.18. The van der Waals surface area contributed by atoms with E-state index in [2.05, 4.69) is 15.6 Å². The van der Waals surface area contributed by atoms with Crippen molar-refractivity contribution in [3.05, 3.63) is 27.9 Å². The van der Waals surface area contributed by atoms with Gasteiger partial charge in [0, 0.05) is 29.2 Å². The van der Waals surface area contributed by atoms with E-state index in [0.717, 1.165) is 21.8 Å². The molecule has 0 spiro atoms. The maximum atomic E-state index is 12.7. The van der Waals surface area contributed by atoms with Crippen molar-refractivity contribution in [2.75, 3.05) is 17.7 Å². The summed E-state index contributed by atoms with van der Waals surface area (Å²) in [6, 6.07) is -0.972. The van der Waals surface area contributed by atoms with E-state index in [4.69, 9.17) is 16.3 Å². The molecule has 11 nitrogen and oxygen atoms in total. The molecule has 31 heavy (non-hydrogen) atoms. The highest BCUT2D eigenvalue weighted by Crippen LogP contribution is 2.40. The number of β-lactam (4-membered cyclic amide) rings is 1. The Morgan fingerprint density at radius 1 is 1.45 bits per heavy atom. The van der Waals surface area contributed by atoms with Crippen LogP contribution in [0.1, 0.15) is 12.6 Å². The first kappa shape index (κ1) is 22.8. The van der Waals surface area contributed by atoms with Gasteiger partial charge >= 0.3 is 11.9 Å². The summed E-state index contributed by atoms with van der Waals surface area (Å²) >= 11 is 8.09. The Balaban J connectivity index is 1.74. The maximum Gasteiger partial charge on any atom is 0.352 e. The van der Waals surface area contributed by atoms with Crippen molar-refractivity contribution in [1.82, 2.24) is 15.2 Å². The third kappa shape index (κ3) is 4.57. The highest BCUT2D eigenvalue weighted by atomic mass is 35.5. The van der Waals surface area contributed by atoms with Crippen molar-refractivity contribution >= 4 is 75.6 Å². The van der Waals surface area contributed by atoms with Crippen molar-refractivity contribution in [3.63, 3.8) is 0 Å². The number of aliphatic carboxylic acids is 1. The number of nitrogens with zero attached hydrogens (tertiary/aromatic N) is 2. The van der Waals surface area contributed by atoms with Gasteiger partial charge in [0.1, 0.15) is 23.7 Å². The Bertz CT molecular complexity index is 1020. The molecule has 3 rings (SSSR count). The summed E-state index contributed by atoms with van der Waals surface area (Å²) in [6.07, 6.45) is 0.442. The number of amides is 3. The molecule has 164 valence electrons. The molecule has 0 aliphatic carbocycles. The molecule has 3 heterocycles. The minimum atomic E-state index is -1.33. The lowest BCUT2D eigenvalue weighted by Crippen LogP contribution is -2.70. The number of fused-ring (bicyclic) bond motifs is 1. The molecule has 3 amide bonds. The number of anilines is 1. The molecule has 2 aliphatic heterocycles. The SMILES string of the molecule is CC(=O)OCC1=C(C(=O)O)N2C(=O)[C@@H](NC(=O)C(=CCl)c3csc(NC=O)n3)[C@H]2SC1. The van der Waals surface area contributed by atoms with E-state index in [1.165, 1.54) is 24.1 Å². The van der Waals surface area contributed by atoms with Gasteiger partial charge in [-0.25, -0.2) is 9.78 Å². The van der Waals surface area contributed by atoms with Gasteiger partial charge in [-0.05, 0) is 0 Å². The van der Waals surface area contributed by atoms with Gasteiger partial charge in [-0.2, -0.15) is 0 Å². The second-order valence-electron chi connectivity index (χ2n) is 6.22. The van der Waals surface area contributed by atoms with Crippen molar-refractivity contribution in [2.24, 2.45) is 0 Å². The fourth-order valence-corrected chi connectivity index (χ4v) is 5.15. The zero-order valence-electron chi connectivity index (χ0n) is 15.8. The number of rotatable bonds is 8. The quantitative estimate of drug-likeness (QED) is 0.207. The molecule has 2 aliphatic rings. The molecule has 1 aromatic rings. The highest BCUT2D eigenvalue weighted by Gasteiger charge is 2.54. The van der Waals surface area contributed by atoms with E-state index >= 15 is 0 Å². The van der Waals surface area contributed by atoms with Gasteiger partial charge < -0.3 is 20.5 Å². The van der Waals surface area contributed by atoms with Gasteiger partial charge in [-0.3, -0.25) is 24.1 Å². The molecule has 14 heteroatoms. The number of thiazole rings is 1. The Hall–Kier alpha value is -2.90. The molecular formula is C17H15ClN4O7S2. The number of ether oxygens (including phenoxy) is 1. The minimum absolute atomic E-state index is 0.0199. The number of carbonyl (C=O) groups excluding carboxylic acids is 4. The van der Waals surface area contributed by atoms with Crippen LogP contribution in [0.5, 0.6) is 0 Å². The van der Waals surface area contributed by atoms with E-state index in [1.807, 2.05) is 0 Å². The molecule has 0 unspecified atom stereocenters.